The first kappa shape index (κ1) is 17.2. The number of furan rings is 1. The van der Waals surface area contributed by atoms with Gasteiger partial charge in [0.15, 0.2) is 0 Å². The summed E-state index contributed by atoms with van der Waals surface area (Å²) < 4.78 is 10.6. The Morgan fingerprint density at radius 1 is 1.19 bits per heavy atom. The molecule has 0 bridgehead atoms. The highest BCUT2D eigenvalue weighted by molar-refractivity contribution is 5.93. The van der Waals surface area contributed by atoms with Gasteiger partial charge in [0, 0.05) is 11.8 Å². The zero-order valence-corrected chi connectivity index (χ0v) is 14.1. The molecule has 132 valence electrons. The van der Waals surface area contributed by atoms with Crippen molar-refractivity contribution >= 4 is 18.1 Å². The fraction of sp³-hybridized carbons (Fsp3) is 0.105. The number of hydrazone groups is 1. The number of aromatic amines is 1. The lowest BCUT2D eigenvalue weighted by molar-refractivity contribution is 0.0526. The Morgan fingerprint density at radius 2 is 2.00 bits per heavy atom. The number of hydrogen-bond donors (Lipinski definition) is 2. The van der Waals surface area contributed by atoms with Gasteiger partial charge in [0.05, 0.1) is 18.4 Å². The number of hydrogen-bond acceptors (Lipinski definition) is 5. The van der Waals surface area contributed by atoms with Gasteiger partial charge in [-0.3, -0.25) is 4.79 Å². The van der Waals surface area contributed by atoms with Crippen LogP contribution in [0.5, 0.6) is 0 Å². The highest BCUT2D eigenvalue weighted by Crippen LogP contribution is 2.22. The average Bonchev–Trinajstić information content (AvgIpc) is 3.34. The van der Waals surface area contributed by atoms with Crippen LogP contribution >= 0.6 is 0 Å². The maximum absolute atomic E-state index is 11.7. The lowest BCUT2D eigenvalue weighted by Crippen LogP contribution is -2.17. The standard InChI is InChI=1S/C19H17N3O4/c1-2-25-19(24)14-7-5-13(6-8-14)17-10-9-15(26-17)12-21-22-18(23)16-4-3-11-20-16/h3-12,20H,2H2,1H3,(H,22,23)/b21-12-. The zero-order valence-electron chi connectivity index (χ0n) is 14.1. The van der Waals surface area contributed by atoms with E-state index in [0.717, 1.165) is 5.56 Å². The molecule has 2 N–H and O–H groups in total. The lowest BCUT2D eigenvalue weighted by atomic mass is 10.1. The number of ether oxygens (including phenoxy) is 1. The van der Waals surface area contributed by atoms with Crippen LogP contribution in [0.1, 0.15) is 33.5 Å². The van der Waals surface area contributed by atoms with Crippen molar-refractivity contribution in [3.8, 4) is 11.3 Å². The summed E-state index contributed by atoms with van der Waals surface area (Å²) in [4.78, 5) is 26.2. The van der Waals surface area contributed by atoms with Crippen molar-refractivity contribution in [2.45, 2.75) is 6.92 Å². The predicted octanol–water partition coefficient (Wildman–Crippen LogP) is 3.22. The van der Waals surface area contributed by atoms with Crippen molar-refractivity contribution in [2.24, 2.45) is 5.10 Å². The molecule has 7 heteroatoms. The summed E-state index contributed by atoms with van der Waals surface area (Å²) in [7, 11) is 0. The second kappa shape index (κ2) is 7.98. The van der Waals surface area contributed by atoms with Gasteiger partial charge in [-0.05, 0) is 43.3 Å². The van der Waals surface area contributed by atoms with E-state index in [4.69, 9.17) is 9.15 Å². The van der Waals surface area contributed by atoms with Crippen LogP contribution in [0.15, 0.2) is 64.2 Å². The molecule has 1 aromatic carbocycles. The van der Waals surface area contributed by atoms with Gasteiger partial charge in [-0.2, -0.15) is 5.10 Å². The molecule has 0 aliphatic heterocycles. The van der Waals surface area contributed by atoms with Gasteiger partial charge in [-0.15, -0.1) is 0 Å². The van der Waals surface area contributed by atoms with E-state index in [1.54, 1.807) is 61.7 Å². The molecule has 2 heterocycles. The van der Waals surface area contributed by atoms with E-state index in [-0.39, 0.29) is 11.9 Å². The highest BCUT2D eigenvalue weighted by atomic mass is 16.5. The second-order valence-electron chi connectivity index (χ2n) is 5.28. The Kier molecular flexibility index (Phi) is 5.28. The lowest BCUT2D eigenvalue weighted by Gasteiger charge is -2.02. The number of benzene rings is 1. The van der Waals surface area contributed by atoms with Crippen LogP contribution in [0.2, 0.25) is 0 Å². The van der Waals surface area contributed by atoms with Crippen LogP contribution in [0, 0.1) is 0 Å². The molecule has 0 atom stereocenters. The highest BCUT2D eigenvalue weighted by Gasteiger charge is 2.08. The summed E-state index contributed by atoms with van der Waals surface area (Å²) in [5, 5.41) is 3.86. The van der Waals surface area contributed by atoms with E-state index in [1.165, 1.54) is 6.21 Å². The third kappa shape index (κ3) is 4.07. The smallest absolute Gasteiger partial charge is 0.338 e. The van der Waals surface area contributed by atoms with E-state index in [2.05, 4.69) is 15.5 Å². The van der Waals surface area contributed by atoms with E-state index < -0.39 is 0 Å². The third-order valence-electron chi connectivity index (χ3n) is 3.51. The molecule has 0 fully saturated rings. The van der Waals surface area contributed by atoms with Crippen molar-refractivity contribution in [2.75, 3.05) is 6.61 Å². The van der Waals surface area contributed by atoms with Gasteiger partial charge in [-0.25, -0.2) is 10.2 Å². The molecular weight excluding hydrogens is 334 g/mol. The largest absolute Gasteiger partial charge is 0.462 e. The molecule has 0 radical (unpaired) electrons. The maximum atomic E-state index is 11.7. The summed E-state index contributed by atoms with van der Waals surface area (Å²) in [6.45, 7) is 2.10. The zero-order chi connectivity index (χ0) is 18.4. The fourth-order valence-electron chi connectivity index (χ4n) is 2.25. The summed E-state index contributed by atoms with van der Waals surface area (Å²) in [6, 6.07) is 13.8. The molecule has 3 rings (SSSR count). The number of amides is 1. The number of H-pyrrole nitrogens is 1. The van der Waals surface area contributed by atoms with E-state index in [9.17, 15) is 9.59 Å². The number of carbonyl (C=O) groups excluding carboxylic acids is 2. The van der Waals surface area contributed by atoms with Gasteiger partial charge < -0.3 is 14.1 Å². The first-order valence-electron chi connectivity index (χ1n) is 8.01. The van der Waals surface area contributed by atoms with Gasteiger partial charge in [-0.1, -0.05) is 12.1 Å². The van der Waals surface area contributed by atoms with Gasteiger partial charge in [0.25, 0.3) is 5.91 Å². The molecule has 0 saturated heterocycles. The molecule has 0 aliphatic rings. The number of nitrogens with zero attached hydrogens (tertiary/aromatic N) is 1. The predicted molar refractivity (Wildman–Crippen MR) is 96.0 cm³/mol. The van der Waals surface area contributed by atoms with Crippen LogP contribution in [0.25, 0.3) is 11.3 Å². The number of esters is 1. The molecule has 26 heavy (non-hydrogen) atoms. The Balaban J connectivity index is 1.63. The molecule has 3 aromatic rings. The number of carbonyl (C=O) groups is 2. The number of aromatic nitrogens is 1. The van der Waals surface area contributed by atoms with Crippen molar-refractivity contribution in [1.82, 2.24) is 10.4 Å². The normalized spacial score (nSPS) is 10.8. The van der Waals surface area contributed by atoms with Crippen LogP contribution in [0.4, 0.5) is 0 Å². The molecule has 0 saturated carbocycles. The van der Waals surface area contributed by atoms with Crippen LogP contribution in [0.3, 0.4) is 0 Å². The number of rotatable bonds is 6. The minimum Gasteiger partial charge on any atom is -0.462 e. The third-order valence-corrected chi connectivity index (χ3v) is 3.51. The molecule has 7 nitrogen and oxygen atoms in total. The Morgan fingerprint density at radius 3 is 2.69 bits per heavy atom. The molecule has 0 aliphatic carbocycles. The van der Waals surface area contributed by atoms with E-state index in [1.807, 2.05) is 0 Å². The quantitative estimate of drug-likeness (QED) is 0.405. The van der Waals surface area contributed by atoms with Gasteiger partial charge in [0.1, 0.15) is 17.2 Å². The molecule has 0 unspecified atom stereocenters. The summed E-state index contributed by atoms with van der Waals surface area (Å²) >= 11 is 0. The van der Waals surface area contributed by atoms with Crippen LogP contribution in [-0.2, 0) is 4.74 Å². The maximum Gasteiger partial charge on any atom is 0.338 e. The Bertz CT molecular complexity index is 909. The summed E-state index contributed by atoms with van der Waals surface area (Å²) in [6.07, 6.45) is 3.07. The minimum absolute atomic E-state index is 0.335. The van der Waals surface area contributed by atoms with Crippen LogP contribution in [-0.4, -0.2) is 29.7 Å². The monoisotopic (exact) mass is 351 g/mol. The fourth-order valence-corrected chi connectivity index (χ4v) is 2.25. The minimum atomic E-state index is -0.357. The molecule has 2 aromatic heterocycles. The average molecular weight is 351 g/mol. The van der Waals surface area contributed by atoms with Crippen molar-refractivity contribution in [3.05, 3.63) is 71.7 Å². The summed E-state index contributed by atoms with van der Waals surface area (Å²) in [5.74, 6) is 0.413. The molecular formula is C19H17N3O4. The molecule has 1 amide bonds. The van der Waals surface area contributed by atoms with E-state index >= 15 is 0 Å². The first-order chi connectivity index (χ1) is 12.7. The first-order valence-corrected chi connectivity index (χ1v) is 8.01. The molecule has 0 spiro atoms. The Labute approximate surface area is 149 Å². The Hall–Kier alpha value is -3.61. The second-order valence-corrected chi connectivity index (χ2v) is 5.28. The number of nitrogens with one attached hydrogen (secondary N) is 2. The van der Waals surface area contributed by atoms with Crippen molar-refractivity contribution in [3.63, 3.8) is 0 Å². The SMILES string of the molecule is CCOC(=O)c1ccc(-c2ccc(/C=N\NC(=O)c3ccc[nH]3)o2)cc1. The van der Waals surface area contributed by atoms with Gasteiger partial charge in [0.2, 0.25) is 0 Å². The topological polar surface area (TPSA) is 96.7 Å². The van der Waals surface area contributed by atoms with Crippen LogP contribution < -0.4 is 5.43 Å². The summed E-state index contributed by atoms with van der Waals surface area (Å²) in [5.41, 5.74) is 4.12. The van der Waals surface area contributed by atoms with Crippen molar-refractivity contribution < 1.29 is 18.7 Å². The van der Waals surface area contributed by atoms with Gasteiger partial charge >= 0.3 is 5.97 Å². The van der Waals surface area contributed by atoms with E-state index in [0.29, 0.717) is 29.4 Å². The van der Waals surface area contributed by atoms with Crippen molar-refractivity contribution in [1.29, 1.82) is 0 Å².